The van der Waals surface area contributed by atoms with Crippen molar-refractivity contribution in [3.8, 4) is 0 Å². The van der Waals surface area contributed by atoms with E-state index in [2.05, 4.69) is 0 Å². The van der Waals surface area contributed by atoms with Crippen molar-refractivity contribution in [1.82, 2.24) is 19.6 Å². The SMILES string of the molecule is O=C(O)CN1CCN(CC(=O)O)CCN(CC(=O)I)CCN(CC(=O)O)CC1. The van der Waals surface area contributed by atoms with E-state index in [0.29, 0.717) is 52.4 Å². The number of hydrogen-bond donors (Lipinski definition) is 3. The van der Waals surface area contributed by atoms with Gasteiger partial charge in [0, 0.05) is 74.9 Å². The summed E-state index contributed by atoms with van der Waals surface area (Å²) >= 11 is 1.70. The third-order valence-corrected chi connectivity index (χ3v) is 4.70. The fourth-order valence-electron chi connectivity index (χ4n) is 2.96. The molecular formula is C16H27IN4O7. The van der Waals surface area contributed by atoms with Crippen LogP contribution >= 0.6 is 22.6 Å². The second kappa shape index (κ2) is 13.0. The fourth-order valence-corrected chi connectivity index (χ4v) is 3.44. The smallest absolute Gasteiger partial charge is 0.317 e. The summed E-state index contributed by atoms with van der Waals surface area (Å²) in [5.74, 6) is -2.93. The topological polar surface area (TPSA) is 142 Å². The third kappa shape index (κ3) is 11.5. The molecule has 0 aromatic carbocycles. The first-order valence-corrected chi connectivity index (χ1v) is 9.96. The summed E-state index contributed by atoms with van der Waals surface area (Å²) in [5, 5.41) is 27.3. The van der Waals surface area contributed by atoms with Gasteiger partial charge >= 0.3 is 17.9 Å². The first kappa shape index (κ1) is 24.7. The predicted molar refractivity (Wildman–Crippen MR) is 108 cm³/mol. The molecule has 0 amide bonds. The van der Waals surface area contributed by atoms with E-state index in [1.807, 2.05) is 4.90 Å². The summed E-state index contributed by atoms with van der Waals surface area (Å²) in [6.45, 7) is 2.85. The molecule has 0 spiro atoms. The molecule has 1 saturated heterocycles. The van der Waals surface area contributed by atoms with Crippen molar-refractivity contribution < 1.29 is 34.5 Å². The Hall–Kier alpha value is -1.35. The lowest BCUT2D eigenvalue weighted by molar-refractivity contribution is -0.140. The van der Waals surface area contributed by atoms with E-state index in [1.165, 1.54) is 0 Å². The number of carboxylic acid groups (broad SMARTS) is 3. The van der Waals surface area contributed by atoms with Crippen LogP contribution in [-0.4, -0.2) is 135 Å². The molecule has 1 rings (SSSR count). The van der Waals surface area contributed by atoms with Gasteiger partial charge in [-0.15, -0.1) is 0 Å². The largest absolute Gasteiger partial charge is 0.480 e. The second-order valence-electron chi connectivity index (χ2n) is 6.64. The average Bonchev–Trinajstić information content (AvgIpc) is 2.55. The zero-order valence-corrected chi connectivity index (χ0v) is 17.8. The number of halogens is 1. The standard InChI is InChI=1S/C16H27IN4O7/c17-13(22)9-18-1-3-19(10-14(23)24)5-7-21(12-16(27)28)8-6-20(4-2-18)11-15(25)26/h1-12H2,(H,23,24)(H,25,26)(H,27,28). The third-order valence-electron chi connectivity index (χ3n) is 4.35. The number of carbonyl (C=O) groups is 4. The first-order valence-electron chi connectivity index (χ1n) is 8.89. The monoisotopic (exact) mass is 514 g/mol. The lowest BCUT2D eigenvalue weighted by Gasteiger charge is -2.32. The highest BCUT2D eigenvalue weighted by Gasteiger charge is 2.20. The van der Waals surface area contributed by atoms with Crippen LogP contribution in [-0.2, 0) is 19.2 Å². The molecule has 1 fully saturated rings. The van der Waals surface area contributed by atoms with Crippen LogP contribution in [0.1, 0.15) is 0 Å². The van der Waals surface area contributed by atoms with Crippen LogP contribution in [0, 0.1) is 0 Å². The van der Waals surface area contributed by atoms with Gasteiger partial charge in [-0.25, -0.2) is 0 Å². The number of rotatable bonds is 8. The van der Waals surface area contributed by atoms with Gasteiger partial charge < -0.3 is 15.3 Å². The first-order chi connectivity index (χ1) is 13.2. The molecule has 0 aromatic rings. The molecule has 1 aliphatic heterocycles. The molecule has 0 unspecified atom stereocenters. The van der Waals surface area contributed by atoms with Gasteiger partial charge in [0.25, 0.3) is 0 Å². The molecule has 160 valence electrons. The summed E-state index contributed by atoms with van der Waals surface area (Å²) in [6, 6.07) is 0. The predicted octanol–water partition coefficient (Wildman–Crippen LogP) is -1.58. The van der Waals surface area contributed by atoms with Crippen LogP contribution in [0.4, 0.5) is 0 Å². The van der Waals surface area contributed by atoms with Crippen molar-refractivity contribution in [2.45, 2.75) is 0 Å². The molecular weight excluding hydrogens is 487 g/mol. The maximum atomic E-state index is 11.5. The maximum absolute atomic E-state index is 11.5. The molecule has 28 heavy (non-hydrogen) atoms. The molecule has 0 aromatic heterocycles. The van der Waals surface area contributed by atoms with Gasteiger partial charge in [-0.2, -0.15) is 0 Å². The normalized spacial score (nSPS) is 19.5. The van der Waals surface area contributed by atoms with E-state index < -0.39 is 17.9 Å². The van der Waals surface area contributed by atoms with Crippen LogP contribution in [0.2, 0.25) is 0 Å². The van der Waals surface area contributed by atoms with E-state index in [4.69, 9.17) is 15.3 Å². The minimum atomic E-state index is -0.992. The minimum Gasteiger partial charge on any atom is -0.480 e. The highest BCUT2D eigenvalue weighted by Crippen LogP contribution is 2.02. The molecule has 1 heterocycles. The van der Waals surface area contributed by atoms with E-state index >= 15 is 0 Å². The molecule has 0 atom stereocenters. The van der Waals surface area contributed by atoms with Crippen molar-refractivity contribution in [2.75, 3.05) is 78.5 Å². The molecule has 3 N–H and O–H groups in total. The van der Waals surface area contributed by atoms with Crippen LogP contribution in [0.3, 0.4) is 0 Å². The molecule has 11 nitrogen and oxygen atoms in total. The summed E-state index contributed by atoms with van der Waals surface area (Å²) in [6.07, 6.45) is 0. The van der Waals surface area contributed by atoms with E-state index in [9.17, 15) is 19.2 Å². The lowest BCUT2D eigenvalue weighted by Crippen LogP contribution is -2.48. The Morgan fingerprint density at radius 1 is 0.536 bits per heavy atom. The highest BCUT2D eigenvalue weighted by atomic mass is 127. The molecule has 1 aliphatic rings. The van der Waals surface area contributed by atoms with Gasteiger partial charge in [0.1, 0.15) is 0 Å². The molecule has 0 bridgehead atoms. The van der Waals surface area contributed by atoms with Crippen molar-refractivity contribution in [2.24, 2.45) is 0 Å². The second-order valence-corrected chi connectivity index (χ2v) is 7.84. The highest BCUT2D eigenvalue weighted by molar-refractivity contribution is 14.1. The van der Waals surface area contributed by atoms with E-state index in [-0.39, 0.29) is 30.0 Å². The Kier molecular flexibility index (Phi) is 11.4. The van der Waals surface area contributed by atoms with Crippen molar-refractivity contribution in [3.05, 3.63) is 0 Å². The van der Waals surface area contributed by atoms with E-state index in [0.717, 1.165) is 0 Å². The van der Waals surface area contributed by atoms with Crippen molar-refractivity contribution in [1.29, 1.82) is 0 Å². The van der Waals surface area contributed by atoms with Gasteiger partial charge in [0.15, 0.2) is 0 Å². The van der Waals surface area contributed by atoms with Crippen LogP contribution in [0.25, 0.3) is 0 Å². The van der Waals surface area contributed by atoms with Gasteiger partial charge in [-0.3, -0.25) is 38.8 Å². The molecule has 0 radical (unpaired) electrons. The Bertz CT molecular complexity index is 451. The number of hydrogen-bond acceptors (Lipinski definition) is 8. The Labute approximate surface area is 177 Å². The van der Waals surface area contributed by atoms with Crippen LogP contribution in [0.15, 0.2) is 0 Å². The number of aliphatic carboxylic acids is 3. The quantitative estimate of drug-likeness (QED) is 0.255. The van der Waals surface area contributed by atoms with E-state index in [1.54, 1.807) is 37.3 Å². The van der Waals surface area contributed by atoms with Gasteiger partial charge in [-0.1, -0.05) is 0 Å². The van der Waals surface area contributed by atoms with Gasteiger partial charge in [0.2, 0.25) is 3.79 Å². The maximum Gasteiger partial charge on any atom is 0.317 e. The number of carboxylic acids is 3. The van der Waals surface area contributed by atoms with Gasteiger partial charge in [-0.05, 0) is 0 Å². The molecule has 12 heteroatoms. The number of nitrogens with zero attached hydrogens (tertiary/aromatic N) is 4. The van der Waals surface area contributed by atoms with Gasteiger partial charge in [0.05, 0.1) is 26.2 Å². The number of carbonyl (C=O) groups excluding carboxylic acids is 1. The summed E-state index contributed by atoms with van der Waals surface area (Å²) < 4.78 is -0.0492. The molecule has 0 aliphatic carbocycles. The fraction of sp³-hybridized carbons (Fsp3) is 0.750. The summed E-state index contributed by atoms with van der Waals surface area (Å²) in [7, 11) is 0. The summed E-state index contributed by atoms with van der Waals surface area (Å²) in [5.41, 5.74) is 0. The zero-order valence-electron chi connectivity index (χ0n) is 15.6. The zero-order chi connectivity index (χ0) is 21.1. The van der Waals surface area contributed by atoms with Crippen molar-refractivity contribution in [3.63, 3.8) is 0 Å². The van der Waals surface area contributed by atoms with Crippen LogP contribution < -0.4 is 0 Å². The van der Waals surface area contributed by atoms with Crippen molar-refractivity contribution >= 4 is 44.3 Å². The lowest BCUT2D eigenvalue weighted by atomic mass is 10.3. The molecule has 0 saturated carbocycles. The Morgan fingerprint density at radius 3 is 0.929 bits per heavy atom. The van der Waals surface area contributed by atoms with Crippen LogP contribution in [0.5, 0.6) is 0 Å². The average molecular weight is 514 g/mol. The Balaban J connectivity index is 2.90. The Morgan fingerprint density at radius 2 is 0.750 bits per heavy atom. The summed E-state index contributed by atoms with van der Waals surface area (Å²) in [4.78, 5) is 51.9. The minimum absolute atomic E-state index is 0.0492.